The minimum absolute atomic E-state index is 0.350. The fraction of sp³-hybridized carbons (Fsp3) is 0.320. The van der Waals surface area contributed by atoms with Gasteiger partial charge in [-0.25, -0.2) is 9.59 Å². The van der Waals surface area contributed by atoms with E-state index in [1.54, 1.807) is 30.3 Å². The van der Waals surface area contributed by atoms with Crippen LogP contribution in [0.4, 0.5) is 35.0 Å². The van der Waals surface area contributed by atoms with E-state index in [2.05, 4.69) is 16.0 Å². The maximum absolute atomic E-state index is 12.7. The number of amides is 4. The van der Waals surface area contributed by atoms with Gasteiger partial charge in [-0.1, -0.05) is 18.2 Å². The predicted molar refractivity (Wildman–Crippen MR) is 138 cm³/mol. The molecule has 0 bridgehead atoms. The predicted octanol–water partition coefficient (Wildman–Crippen LogP) is 3.00. The number of carbonyl (C=O) groups is 5. The first kappa shape index (κ1) is 31.6. The second kappa shape index (κ2) is 13.9. The number of nitrogens with one attached hydrogen (secondary N) is 3. The van der Waals surface area contributed by atoms with Crippen molar-refractivity contribution in [1.82, 2.24) is 4.90 Å². The van der Waals surface area contributed by atoms with Crippen LogP contribution in [0.1, 0.15) is 24.8 Å². The number of aryl methyl sites for hydroxylation is 1. The number of hydrogen-bond donors (Lipinski definition) is 6. The topological polar surface area (TPSA) is 191 Å². The number of benzene rings is 2. The summed E-state index contributed by atoms with van der Waals surface area (Å²) in [6.07, 6.45) is -4.48. The van der Waals surface area contributed by atoms with Crippen molar-refractivity contribution >= 4 is 46.8 Å². The minimum atomic E-state index is -5.08. The van der Waals surface area contributed by atoms with Gasteiger partial charge < -0.3 is 36.8 Å². The zero-order valence-electron chi connectivity index (χ0n) is 21.2. The van der Waals surface area contributed by atoms with Gasteiger partial charge in [-0.05, 0) is 55.7 Å². The van der Waals surface area contributed by atoms with Gasteiger partial charge in [0.05, 0.1) is 12.5 Å². The number of likely N-dealkylation sites (tertiary alicyclic amines) is 1. The first-order chi connectivity index (χ1) is 18.7. The normalized spacial score (nSPS) is 15.2. The molecule has 12 nitrogen and oxygen atoms in total. The highest BCUT2D eigenvalue weighted by molar-refractivity contribution is 6.01. The van der Waals surface area contributed by atoms with Crippen molar-refractivity contribution in [3.8, 4) is 0 Å². The van der Waals surface area contributed by atoms with E-state index in [9.17, 15) is 32.3 Å². The number of aliphatic carboxylic acids is 2. The highest BCUT2D eigenvalue weighted by Gasteiger charge is 2.38. The van der Waals surface area contributed by atoms with E-state index in [-0.39, 0.29) is 11.9 Å². The first-order valence-electron chi connectivity index (χ1n) is 11.8. The quantitative estimate of drug-likeness (QED) is 0.294. The maximum atomic E-state index is 12.7. The third-order valence-electron chi connectivity index (χ3n) is 5.60. The Labute approximate surface area is 226 Å². The number of urea groups is 1. The SMILES string of the molecule is Cc1ccccc1NC(=O)Nc1ccc(NC(=O)[C@@H]2CCCN2C(=O)[C@@H](N)CC(=O)O)cc1.O=C(O)C(F)(F)F. The molecule has 216 valence electrons. The van der Waals surface area contributed by atoms with Gasteiger partial charge >= 0.3 is 24.1 Å². The molecule has 0 radical (unpaired) electrons. The third-order valence-corrected chi connectivity index (χ3v) is 5.60. The highest BCUT2D eigenvalue weighted by Crippen LogP contribution is 2.22. The average molecular weight is 568 g/mol. The molecule has 0 unspecified atom stereocenters. The number of hydrogen-bond acceptors (Lipinski definition) is 6. The molecule has 40 heavy (non-hydrogen) atoms. The van der Waals surface area contributed by atoms with Crippen molar-refractivity contribution in [3.63, 3.8) is 0 Å². The number of alkyl halides is 3. The molecule has 1 saturated heterocycles. The lowest BCUT2D eigenvalue weighted by atomic mass is 10.1. The number of nitrogens with zero attached hydrogens (tertiary/aromatic N) is 1. The minimum Gasteiger partial charge on any atom is -0.481 e. The molecule has 0 aromatic heterocycles. The molecule has 0 aliphatic carbocycles. The summed E-state index contributed by atoms with van der Waals surface area (Å²) in [5, 5.41) is 24.2. The second-order valence-corrected chi connectivity index (χ2v) is 8.66. The van der Waals surface area contributed by atoms with E-state index in [0.717, 1.165) is 5.56 Å². The van der Waals surface area contributed by atoms with Crippen molar-refractivity contribution in [3.05, 3.63) is 54.1 Å². The summed E-state index contributed by atoms with van der Waals surface area (Å²) in [6, 6.07) is 11.7. The molecule has 1 aliphatic rings. The molecule has 3 rings (SSSR count). The molecular weight excluding hydrogens is 539 g/mol. The highest BCUT2D eigenvalue weighted by atomic mass is 19.4. The van der Waals surface area contributed by atoms with Crippen LogP contribution in [0.2, 0.25) is 0 Å². The van der Waals surface area contributed by atoms with Crippen LogP contribution in [-0.2, 0) is 19.2 Å². The van der Waals surface area contributed by atoms with Gasteiger partial charge in [0.25, 0.3) is 0 Å². The number of para-hydroxylation sites is 1. The first-order valence-corrected chi connectivity index (χ1v) is 11.8. The molecule has 2 atom stereocenters. The Hall–Kier alpha value is -4.66. The van der Waals surface area contributed by atoms with Gasteiger partial charge in [-0.2, -0.15) is 13.2 Å². The number of carboxylic acid groups (broad SMARTS) is 2. The summed E-state index contributed by atoms with van der Waals surface area (Å²) in [5.74, 6) is -4.85. The lowest BCUT2D eigenvalue weighted by Crippen LogP contribution is -2.50. The summed E-state index contributed by atoms with van der Waals surface area (Å²) < 4.78 is 31.7. The molecule has 0 saturated carbocycles. The van der Waals surface area contributed by atoms with Crippen LogP contribution >= 0.6 is 0 Å². The van der Waals surface area contributed by atoms with Crippen molar-refractivity contribution < 1.29 is 47.4 Å². The average Bonchev–Trinajstić information content (AvgIpc) is 3.36. The Kier molecular flexibility index (Phi) is 11.0. The number of nitrogens with two attached hydrogens (primary N) is 1. The summed E-state index contributed by atoms with van der Waals surface area (Å²) >= 11 is 0. The number of anilines is 3. The van der Waals surface area contributed by atoms with Gasteiger partial charge in [-0.15, -0.1) is 0 Å². The smallest absolute Gasteiger partial charge is 0.481 e. The van der Waals surface area contributed by atoms with E-state index >= 15 is 0 Å². The monoisotopic (exact) mass is 567 g/mol. The molecule has 0 spiro atoms. The molecule has 1 aliphatic heterocycles. The lowest BCUT2D eigenvalue weighted by Gasteiger charge is -2.26. The van der Waals surface area contributed by atoms with Crippen molar-refractivity contribution in [2.45, 2.75) is 44.4 Å². The van der Waals surface area contributed by atoms with E-state index in [1.165, 1.54) is 4.90 Å². The number of carboxylic acids is 2. The lowest BCUT2D eigenvalue weighted by molar-refractivity contribution is -0.192. The second-order valence-electron chi connectivity index (χ2n) is 8.66. The summed E-state index contributed by atoms with van der Waals surface area (Å²) in [6.45, 7) is 2.25. The molecule has 4 amide bonds. The van der Waals surface area contributed by atoms with Crippen LogP contribution in [0.15, 0.2) is 48.5 Å². The summed E-state index contributed by atoms with van der Waals surface area (Å²) in [4.78, 5) is 58.5. The van der Waals surface area contributed by atoms with Gasteiger partial charge in [0.1, 0.15) is 6.04 Å². The van der Waals surface area contributed by atoms with Gasteiger partial charge in [0, 0.05) is 23.6 Å². The molecule has 2 aromatic carbocycles. The number of carbonyl (C=O) groups excluding carboxylic acids is 3. The van der Waals surface area contributed by atoms with Crippen molar-refractivity contribution in [2.75, 3.05) is 22.5 Å². The van der Waals surface area contributed by atoms with Gasteiger partial charge in [0.2, 0.25) is 11.8 Å². The number of halogens is 3. The molecule has 7 N–H and O–H groups in total. The number of rotatable bonds is 7. The Morgan fingerprint density at radius 2 is 1.52 bits per heavy atom. The van der Waals surface area contributed by atoms with Crippen LogP contribution in [0.5, 0.6) is 0 Å². The van der Waals surface area contributed by atoms with Crippen LogP contribution in [0.25, 0.3) is 0 Å². The van der Waals surface area contributed by atoms with Crippen molar-refractivity contribution in [1.29, 1.82) is 0 Å². The Morgan fingerprint density at radius 1 is 0.975 bits per heavy atom. The van der Waals surface area contributed by atoms with Crippen LogP contribution in [0, 0.1) is 6.92 Å². The van der Waals surface area contributed by atoms with Crippen LogP contribution < -0.4 is 21.7 Å². The molecular formula is C25H28F3N5O7. The van der Waals surface area contributed by atoms with Crippen LogP contribution in [0.3, 0.4) is 0 Å². The maximum Gasteiger partial charge on any atom is 0.490 e. The third kappa shape index (κ3) is 9.58. The fourth-order valence-corrected chi connectivity index (χ4v) is 3.65. The fourth-order valence-electron chi connectivity index (χ4n) is 3.65. The van der Waals surface area contributed by atoms with E-state index in [1.807, 2.05) is 25.1 Å². The van der Waals surface area contributed by atoms with E-state index < -0.39 is 42.5 Å². The molecule has 1 fully saturated rings. The standard InChI is InChI=1S/C23H27N5O5.C2HF3O2/c1-14-5-2-3-6-18(14)27-23(33)26-16-10-8-15(9-11-16)25-21(31)19-7-4-12-28(19)22(32)17(24)13-20(29)30;3-2(4,5)1(6)7/h2-3,5-6,8-11,17,19H,4,7,12-13,24H2,1H3,(H,25,31)(H,29,30)(H2,26,27,33);(H,6,7)/t17-,19-;/m0./s1. The largest absolute Gasteiger partial charge is 0.490 e. The van der Waals surface area contributed by atoms with Crippen molar-refractivity contribution in [2.24, 2.45) is 5.73 Å². The zero-order valence-corrected chi connectivity index (χ0v) is 21.2. The van der Waals surface area contributed by atoms with E-state index in [4.69, 9.17) is 20.7 Å². The zero-order chi connectivity index (χ0) is 30.0. The Bertz CT molecular complexity index is 1240. The molecule has 15 heteroatoms. The Balaban J connectivity index is 0.000000708. The van der Waals surface area contributed by atoms with Gasteiger partial charge in [0.15, 0.2) is 0 Å². The summed E-state index contributed by atoms with van der Waals surface area (Å²) in [7, 11) is 0. The van der Waals surface area contributed by atoms with Gasteiger partial charge in [-0.3, -0.25) is 14.4 Å². The molecule has 2 aromatic rings. The van der Waals surface area contributed by atoms with Crippen LogP contribution in [-0.4, -0.2) is 69.7 Å². The molecule has 1 heterocycles. The van der Waals surface area contributed by atoms with E-state index in [0.29, 0.717) is 36.4 Å². The summed E-state index contributed by atoms with van der Waals surface area (Å²) in [5.41, 5.74) is 8.37. The Morgan fingerprint density at radius 3 is 2.05 bits per heavy atom.